The number of imidazole rings is 1. The summed E-state index contributed by atoms with van der Waals surface area (Å²) in [6, 6.07) is 14.4. The van der Waals surface area contributed by atoms with Crippen LogP contribution < -0.4 is 20.1 Å². The van der Waals surface area contributed by atoms with Crippen LogP contribution in [-0.4, -0.2) is 35.8 Å². The third-order valence-electron chi connectivity index (χ3n) is 4.96. The number of benzene rings is 2. The van der Waals surface area contributed by atoms with Crippen LogP contribution in [0.15, 0.2) is 59.9 Å². The number of ether oxygens (including phenoxy) is 2. The van der Waals surface area contributed by atoms with Crippen molar-refractivity contribution in [3.05, 3.63) is 71.8 Å². The minimum Gasteiger partial charge on any atom is -0.490 e. The molecule has 0 atom stereocenters. The molecule has 0 saturated carbocycles. The molecule has 2 heterocycles. The second-order valence-corrected chi connectivity index (χ2v) is 7.19. The molecule has 1 aliphatic rings. The lowest BCUT2D eigenvalue weighted by atomic mass is 10.1. The van der Waals surface area contributed by atoms with E-state index in [4.69, 9.17) is 9.47 Å². The predicted molar refractivity (Wildman–Crippen MR) is 118 cm³/mol. The van der Waals surface area contributed by atoms with Crippen molar-refractivity contribution >= 4 is 11.6 Å². The smallest absolute Gasteiger partial charge is 0.195 e. The summed E-state index contributed by atoms with van der Waals surface area (Å²) in [5.41, 5.74) is 3.32. The molecule has 30 heavy (non-hydrogen) atoms. The molecule has 2 N–H and O–H groups in total. The van der Waals surface area contributed by atoms with E-state index in [1.54, 1.807) is 7.05 Å². The largest absolute Gasteiger partial charge is 0.490 e. The summed E-state index contributed by atoms with van der Waals surface area (Å²) in [5, 5.41) is 6.69. The number of hydrogen-bond donors (Lipinski definition) is 2. The second kappa shape index (κ2) is 9.35. The Hall–Kier alpha value is -3.48. The number of aliphatic imine (C=N–C) groups is 1. The van der Waals surface area contributed by atoms with Gasteiger partial charge in [-0.1, -0.05) is 24.3 Å². The van der Waals surface area contributed by atoms with Gasteiger partial charge in [0.15, 0.2) is 17.5 Å². The number of guanidine groups is 1. The van der Waals surface area contributed by atoms with Crippen LogP contribution in [-0.2, 0) is 13.1 Å². The molecule has 4 rings (SSSR count). The van der Waals surface area contributed by atoms with Crippen molar-refractivity contribution in [2.45, 2.75) is 26.4 Å². The zero-order valence-corrected chi connectivity index (χ0v) is 17.4. The number of aryl methyl sites for hydroxylation is 1. The summed E-state index contributed by atoms with van der Waals surface area (Å²) >= 11 is 0. The molecule has 0 saturated heterocycles. The van der Waals surface area contributed by atoms with Gasteiger partial charge in [0.05, 0.1) is 13.2 Å². The highest BCUT2D eigenvalue weighted by Crippen LogP contribution is 2.32. The average molecular weight is 406 g/mol. The highest BCUT2D eigenvalue weighted by molar-refractivity contribution is 5.93. The van der Waals surface area contributed by atoms with E-state index in [2.05, 4.69) is 49.4 Å². The van der Waals surface area contributed by atoms with Crippen molar-refractivity contribution < 1.29 is 9.47 Å². The molecule has 0 amide bonds. The van der Waals surface area contributed by atoms with E-state index >= 15 is 0 Å². The van der Waals surface area contributed by atoms with E-state index in [1.165, 1.54) is 11.1 Å². The van der Waals surface area contributed by atoms with Gasteiger partial charge in [-0.2, -0.15) is 0 Å². The standard InChI is InChI=1S/C23H27N5O2/c1-17-25-9-10-28(17)16-19-6-3-5-18(13-19)15-26-23(24-2)27-20-7-8-21-22(14-20)30-12-4-11-29-21/h3,5-10,13-14H,4,11-12,15-16H2,1-2H3,(H2,24,26,27). The third-order valence-corrected chi connectivity index (χ3v) is 4.96. The van der Waals surface area contributed by atoms with Crippen LogP contribution in [0.3, 0.4) is 0 Å². The zero-order valence-electron chi connectivity index (χ0n) is 17.4. The van der Waals surface area contributed by atoms with Crippen LogP contribution >= 0.6 is 0 Å². The van der Waals surface area contributed by atoms with Crippen molar-refractivity contribution in [2.75, 3.05) is 25.6 Å². The van der Waals surface area contributed by atoms with Gasteiger partial charge in [0.1, 0.15) is 5.82 Å². The number of anilines is 1. The minimum atomic E-state index is 0.665. The van der Waals surface area contributed by atoms with E-state index in [9.17, 15) is 0 Å². The maximum absolute atomic E-state index is 5.77. The Morgan fingerprint density at radius 2 is 1.93 bits per heavy atom. The van der Waals surface area contributed by atoms with Gasteiger partial charge >= 0.3 is 0 Å². The molecule has 0 unspecified atom stereocenters. The number of nitrogens with zero attached hydrogens (tertiary/aromatic N) is 3. The number of rotatable bonds is 5. The fourth-order valence-corrected chi connectivity index (χ4v) is 3.35. The first-order valence-corrected chi connectivity index (χ1v) is 10.1. The first-order chi connectivity index (χ1) is 14.7. The molecule has 2 aromatic carbocycles. The molecule has 0 spiro atoms. The Labute approximate surface area is 176 Å². The number of fused-ring (bicyclic) bond motifs is 1. The Morgan fingerprint density at radius 3 is 2.73 bits per heavy atom. The summed E-state index contributed by atoms with van der Waals surface area (Å²) in [6.07, 6.45) is 4.72. The molecule has 1 aliphatic heterocycles. The van der Waals surface area contributed by atoms with Crippen LogP contribution in [0.2, 0.25) is 0 Å². The van der Waals surface area contributed by atoms with Gasteiger partial charge in [0.25, 0.3) is 0 Å². The molecular formula is C23H27N5O2. The monoisotopic (exact) mass is 405 g/mol. The van der Waals surface area contributed by atoms with Gasteiger partial charge in [-0.3, -0.25) is 4.99 Å². The molecule has 7 nitrogen and oxygen atoms in total. The summed E-state index contributed by atoms with van der Waals surface area (Å²) in [5.74, 6) is 3.25. The molecule has 0 bridgehead atoms. The van der Waals surface area contributed by atoms with Gasteiger partial charge in [0, 0.05) is 50.7 Å². The van der Waals surface area contributed by atoms with E-state index in [-0.39, 0.29) is 0 Å². The van der Waals surface area contributed by atoms with E-state index in [1.807, 2.05) is 37.5 Å². The van der Waals surface area contributed by atoms with Gasteiger partial charge in [-0.25, -0.2) is 4.98 Å². The average Bonchev–Trinajstić information content (AvgIpc) is 3.02. The van der Waals surface area contributed by atoms with Crippen molar-refractivity contribution in [1.29, 1.82) is 0 Å². The zero-order chi connectivity index (χ0) is 20.8. The summed E-state index contributed by atoms with van der Waals surface area (Å²) in [6.45, 7) is 4.84. The van der Waals surface area contributed by atoms with E-state index < -0.39 is 0 Å². The fraction of sp³-hybridized carbons (Fsp3) is 0.304. The maximum Gasteiger partial charge on any atom is 0.195 e. The summed E-state index contributed by atoms with van der Waals surface area (Å²) in [4.78, 5) is 8.62. The second-order valence-electron chi connectivity index (χ2n) is 7.19. The molecule has 3 aromatic rings. The molecule has 156 valence electrons. The van der Waals surface area contributed by atoms with Gasteiger partial charge in [-0.15, -0.1) is 0 Å². The van der Waals surface area contributed by atoms with Crippen LogP contribution in [0.4, 0.5) is 5.69 Å². The van der Waals surface area contributed by atoms with Crippen LogP contribution in [0, 0.1) is 6.92 Å². The normalized spacial score (nSPS) is 13.6. The number of hydrogen-bond acceptors (Lipinski definition) is 4. The minimum absolute atomic E-state index is 0.665. The topological polar surface area (TPSA) is 72.7 Å². The van der Waals surface area contributed by atoms with Gasteiger partial charge in [0.2, 0.25) is 0 Å². The lowest BCUT2D eigenvalue weighted by Gasteiger charge is -2.14. The first kappa shape index (κ1) is 19.8. The Balaban J connectivity index is 1.37. The molecule has 7 heteroatoms. The highest BCUT2D eigenvalue weighted by Gasteiger charge is 2.11. The molecule has 0 aliphatic carbocycles. The summed E-state index contributed by atoms with van der Waals surface area (Å²) < 4.78 is 13.6. The van der Waals surface area contributed by atoms with E-state index in [0.717, 1.165) is 36.0 Å². The van der Waals surface area contributed by atoms with Crippen LogP contribution in [0.1, 0.15) is 23.4 Å². The quantitative estimate of drug-likeness (QED) is 0.501. The van der Waals surface area contributed by atoms with Crippen LogP contribution in [0.25, 0.3) is 0 Å². The van der Waals surface area contributed by atoms with Crippen molar-refractivity contribution in [3.8, 4) is 11.5 Å². The lowest BCUT2D eigenvalue weighted by Crippen LogP contribution is -2.30. The Kier molecular flexibility index (Phi) is 6.17. The number of nitrogens with one attached hydrogen (secondary N) is 2. The highest BCUT2D eigenvalue weighted by atomic mass is 16.5. The van der Waals surface area contributed by atoms with Crippen molar-refractivity contribution in [1.82, 2.24) is 14.9 Å². The van der Waals surface area contributed by atoms with E-state index in [0.29, 0.717) is 25.7 Å². The first-order valence-electron chi connectivity index (χ1n) is 10.1. The fourth-order valence-electron chi connectivity index (χ4n) is 3.35. The predicted octanol–water partition coefficient (Wildman–Crippen LogP) is 3.59. The van der Waals surface area contributed by atoms with Crippen molar-refractivity contribution in [3.63, 3.8) is 0 Å². The molecule has 1 aromatic heterocycles. The SMILES string of the molecule is CN=C(NCc1cccc(Cn2ccnc2C)c1)Nc1ccc2c(c1)OCCCO2. The third kappa shape index (κ3) is 4.92. The Bertz CT molecular complexity index is 1030. The molecule has 0 fully saturated rings. The number of aromatic nitrogens is 2. The van der Waals surface area contributed by atoms with Crippen LogP contribution in [0.5, 0.6) is 11.5 Å². The molecular weight excluding hydrogens is 378 g/mol. The molecule has 0 radical (unpaired) electrons. The summed E-state index contributed by atoms with van der Waals surface area (Å²) in [7, 11) is 1.76. The lowest BCUT2D eigenvalue weighted by molar-refractivity contribution is 0.297. The van der Waals surface area contributed by atoms with Gasteiger partial charge < -0.3 is 24.7 Å². The maximum atomic E-state index is 5.77. The Morgan fingerprint density at radius 1 is 1.10 bits per heavy atom. The van der Waals surface area contributed by atoms with Gasteiger partial charge in [-0.05, 0) is 30.2 Å². The van der Waals surface area contributed by atoms with Crippen molar-refractivity contribution in [2.24, 2.45) is 4.99 Å².